The van der Waals surface area contributed by atoms with Crippen molar-refractivity contribution in [1.29, 1.82) is 0 Å². The van der Waals surface area contributed by atoms with E-state index < -0.39 is 5.82 Å². The number of rotatable bonds is 4. The third kappa shape index (κ3) is 2.99. The van der Waals surface area contributed by atoms with Crippen LogP contribution in [0, 0.1) is 19.7 Å². The molecule has 1 unspecified atom stereocenters. The van der Waals surface area contributed by atoms with Crippen LogP contribution in [0.5, 0.6) is 0 Å². The maximum Gasteiger partial charge on any atom is 0.142 e. The molecule has 0 saturated carbocycles. The van der Waals surface area contributed by atoms with Crippen LogP contribution in [0.25, 0.3) is 0 Å². The molecule has 1 atom stereocenters. The Morgan fingerprint density at radius 1 is 1.32 bits per heavy atom. The van der Waals surface area contributed by atoms with E-state index in [1.54, 1.807) is 6.07 Å². The van der Waals surface area contributed by atoms with Gasteiger partial charge >= 0.3 is 0 Å². The van der Waals surface area contributed by atoms with Gasteiger partial charge in [-0.25, -0.2) is 4.39 Å². The van der Waals surface area contributed by atoms with Crippen molar-refractivity contribution in [3.05, 3.63) is 57.8 Å². The lowest BCUT2D eigenvalue weighted by atomic mass is 9.99. The first-order chi connectivity index (χ1) is 9.02. The van der Waals surface area contributed by atoms with Gasteiger partial charge in [0, 0.05) is 5.56 Å². The van der Waals surface area contributed by atoms with E-state index in [1.807, 2.05) is 32.9 Å². The second kappa shape index (κ2) is 5.76. The zero-order valence-electron chi connectivity index (χ0n) is 11.3. The first-order valence-corrected chi connectivity index (χ1v) is 6.66. The monoisotopic (exact) mass is 281 g/mol. The van der Waals surface area contributed by atoms with Crippen LogP contribution in [0.1, 0.15) is 35.6 Å². The quantitative estimate of drug-likeness (QED) is 0.899. The number of halogens is 2. The summed E-state index contributed by atoms with van der Waals surface area (Å²) in [5.74, 6) is 1.29. The third-order valence-electron chi connectivity index (χ3n) is 3.08. The number of aryl methyl sites for hydroxylation is 2. The van der Waals surface area contributed by atoms with Crippen LogP contribution in [0.15, 0.2) is 28.7 Å². The SMILES string of the molecule is CCNC(c1ccc(Cl)c(F)c1)c1cc(C)oc1C. The number of benzene rings is 1. The second-order valence-corrected chi connectivity index (χ2v) is 4.94. The van der Waals surface area contributed by atoms with Crippen molar-refractivity contribution < 1.29 is 8.81 Å². The average Bonchev–Trinajstić information content (AvgIpc) is 2.69. The Morgan fingerprint density at radius 2 is 2.05 bits per heavy atom. The third-order valence-corrected chi connectivity index (χ3v) is 3.38. The van der Waals surface area contributed by atoms with Crippen molar-refractivity contribution in [2.24, 2.45) is 0 Å². The minimum atomic E-state index is -0.403. The molecule has 0 amide bonds. The molecule has 0 bridgehead atoms. The zero-order valence-corrected chi connectivity index (χ0v) is 12.0. The van der Waals surface area contributed by atoms with Crippen LogP contribution in [0.3, 0.4) is 0 Å². The smallest absolute Gasteiger partial charge is 0.142 e. The van der Waals surface area contributed by atoms with Gasteiger partial charge in [0.15, 0.2) is 0 Å². The standard InChI is InChI=1S/C15H17ClFNO/c1-4-18-15(12-7-9(2)19-10(12)3)11-5-6-13(16)14(17)8-11/h5-8,15,18H,4H2,1-3H3. The van der Waals surface area contributed by atoms with Crippen molar-refractivity contribution in [3.63, 3.8) is 0 Å². The van der Waals surface area contributed by atoms with Gasteiger partial charge in [-0.05, 0) is 44.2 Å². The van der Waals surface area contributed by atoms with Gasteiger partial charge in [-0.1, -0.05) is 24.6 Å². The molecule has 102 valence electrons. The van der Waals surface area contributed by atoms with E-state index in [2.05, 4.69) is 5.32 Å². The van der Waals surface area contributed by atoms with Gasteiger partial charge in [-0.3, -0.25) is 0 Å². The Balaban J connectivity index is 2.44. The summed E-state index contributed by atoms with van der Waals surface area (Å²) >= 11 is 5.73. The molecule has 2 nitrogen and oxygen atoms in total. The Hall–Kier alpha value is -1.32. The molecule has 1 aromatic heterocycles. The van der Waals surface area contributed by atoms with Crippen molar-refractivity contribution in [2.75, 3.05) is 6.54 Å². The Morgan fingerprint density at radius 3 is 2.58 bits per heavy atom. The van der Waals surface area contributed by atoms with Crippen molar-refractivity contribution >= 4 is 11.6 Å². The highest BCUT2D eigenvalue weighted by Crippen LogP contribution is 2.29. The molecular weight excluding hydrogens is 265 g/mol. The molecule has 0 fully saturated rings. The highest BCUT2D eigenvalue weighted by Gasteiger charge is 2.19. The summed E-state index contributed by atoms with van der Waals surface area (Å²) in [6.07, 6.45) is 0. The van der Waals surface area contributed by atoms with Gasteiger partial charge in [0.2, 0.25) is 0 Å². The number of hydrogen-bond acceptors (Lipinski definition) is 2. The van der Waals surface area contributed by atoms with Crippen LogP contribution < -0.4 is 5.32 Å². The number of hydrogen-bond donors (Lipinski definition) is 1. The van der Waals surface area contributed by atoms with Crippen molar-refractivity contribution in [2.45, 2.75) is 26.8 Å². The first kappa shape index (κ1) is 14.1. The van der Waals surface area contributed by atoms with Crippen LogP contribution in [-0.4, -0.2) is 6.54 Å². The summed E-state index contributed by atoms with van der Waals surface area (Å²) in [6, 6.07) is 6.78. The zero-order chi connectivity index (χ0) is 14.0. The molecule has 1 heterocycles. The summed E-state index contributed by atoms with van der Waals surface area (Å²) in [6.45, 7) is 6.61. The largest absolute Gasteiger partial charge is 0.466 e. The molecule has 1 aromatic carbocycles. The van der Waals surface area contributed by atoms with Gasteiger partial charge in [0.25, 0.3) is 0 Å². The van der Waals surface area contributed by atoms with Crippen LogP contribution >= 0.6 is 11.6 Å². The van der Waals surface area contributed by atoms with Gasteiger partial charge < -0.3 is 9.73 Å². The molecular formula is C15H17ClFNO. The molecule has 2 aromatic rings. The predicted octanol–water partition coefficient (Wildman–Crippen LogP) is 4.39. The number of furan rings is 1. The van der Waals surface area contributed by atoms with Gasteiger partial charge in [0.05, 0.1) is 11.1 Å². The van der Waals surface area contributed by atoms with Crippen LogP contribution in [0.2, 0.25) is 5.02 Å². The molecule has 4 heteroatoms. The maximum absolute atomic E-state index is 13.6. The van der Waals surface area contributed by atoms with Crippen LogP contribution in [-0.2, 0) is 0 Å². The lowest BCUT2D eigenvalue weighted by molar-refractivity contribution is 0.494. The molecule has 0 aliphatic rings. The van der Waals surface area contributed by atoms with Gasteiger partial charge in [-0.2, -0.15) is 0 Å². The summed E-state index contributed by atoms with van der Waals surface area (Å²) in [7, 11) is 0. The van der Waals surface area contributed by atoms with Crippen LogP contribution in [0.4, 0.5) is 4.39 Å². The van der Waals surface area contributed by atoms with Gasteiger partial charge in [0.1, 0.15) is 17.3 Å². The highest BCUT2D eigenvalue weighted by molar-refractivity contribution is 6.30. The molecule has 0 saturated heterocycles. The van der Waals surface area contributed by atoms with Crippen molar-refractivity contribution in [1.82, 2.24) is 5.32 Å². The Labute approximate surface area is 117 Å². The molecule has 19 heavy (non-hydrogen) atoms. The van der Waals surface area contributed by atoms with E-state index in [0.717, 1.165) is 29.2 Å². The van der Waals surface area contributed by atoms with E-state index in [1.165, 1.54) is 6.07 Å². The predicted molar refractivity (Wildman–Crippen MR) is 75.1 cm³/mol. The molecule has 0 aliphatic carbocycles. The highest BCUT2D eigenvalue weighted by atomic mass is 35.5. The summed E-state index contributed by atoms with van der Waals surface area (Å²) in [5.41, 5.74) is 1.87. The Kier molecular flexibility index (Phi) is 4.27. The van der Waals surface area contributed by atoms with Crippen molar-refractivity contribution in [3.8, 4) is 0 Å². The topological polar surface area (TPSA) is 25.2 Å². The van der Waals surface area contributed by atoms with E-state index in [4.69, 9.17) is 16.0 Å². The van der Waals surface area contributed by atoms with E-state index in [-0.39, 0.29) is 11.1 Å². The average molecular weight is 282 g/mol. The fourth-order valence-corrected chi connectivity index (χ4v) is 2.36. The lowest BCUT2D eigenvalue weighted by Gasteiger charge is -2.18. The lowest BCUT2D eigenvalue weighted by Crippen LogP contribution is -2.22. The molecule has 0 radical (unpaired) electrons. The Bertz CT molecular complexity index is 580. The first-order valence-electron chi connectivity index (χ1n) is 6.28. The molecule has 2 rings (SSSR count). The molecule has 0 spiro atoms. The maximum atomic E-state index is 13.6. The van der Waals surface area contributed by atoms with E-state index in [9.17, 15) is 4.39 Å². The molecule has 1 N–H and O–H groups in total. The van der Waals surface area contributed by atoms with E-state index in [0.29, 0.717) is 0 Å². The minimum absolute atomic E-state index is 0.0887. The van der Waals surface area contributed by atoms with Gasteiger partial charge in [-0.15, -0.1) is 0 Å². The number of nitrogens with one attached hydrogen (secondary N) is 1. The second-order valence-electron chi connectivity index (χ2n) is 4.53. The normalized spacial score (nSPS) is 12.7. The fraction of sp³-hybridized carbons (Fsp3) is 0.333. The summed E-state index contributed by atoms with van der Waals surface area (Å²) in [4.78, 5) is 0. The summed E-state index contributed by atoms with van der Waals surface area (Å²) < 4.78 is 19.2. The van der Waals surface area contributed by atoms with E-state index >= 15 is 0 Å². The molecule has 0 aliphatic heterocycles. The fourth-order valence-electron chi connectivity index (χ4n) is 2.24. The minimum Gasteiger partial charge on any atom is -0.466 e. The summed E-state index contributed by atoms with van der Waals surface area (Å²) in [5, 5.41) is 3.48.